The molecule has 0 aliphatic rings. The normalized spacial score (nSPS) is 12.0. The van der Waals surface area contributed by atoms with Crippen molar-refractivity contribution in [1.29, 1.82) is 0 Å². The van der Waals surface area contributed by atoms with E-state index in [2.05, 4.69) is 10.6 Å². The highest BCUT2D eigenvalue weighted by atomic mass is 19.4. The van der Waals surface area contributed by atoms with Crippen LogP contribution in [0.4, 0.5) is 18.9 Å². The van der Waals surface area contributed by atoms with Gasteiger partial charge in [-0.3, -0.25) is 9.59 Å². The number of hydrogen-bond donors (Lipinski definition) is 3. The number of anilines is 1. The van der Waals surface area contributed by atoms with Crippen molar-refractivity contribution in [3.8, 4) is 0 Å². The molecule has 3 N–H and O–H groups in total. The third-order valence-electron chi connectivity index (χ3n) is 2.69. The summed E-state index contributed by atoms with van der Waals surface area (Å²) in [6.45, 7) is 3.81. The number of amides is 2. The van der Waals surface area contributed by atoms with E-state index in [1.165, 1.54) is 13.8 Å². The topological polar surface area (TPSA) is 78.4 Å². The molecule has 122 valence electrons. The van der Waals surface area contributed by atoms with E-state index in [9.17, 15) is 22.8 Å². The van der Waals surface area contributed by atoms with Crippen LogP contribution in [0.2, 0.25) is 0 Å². The molecule has 1 aromatic carbocycles. The lowest BCUT2D eigenvalue weighted by molar-refractivity contribution is -0.137. The van der Waals surface area contributed by atoms with Crippen LogP contribution >= 0.6 is 0 Å². The third kappa shape index (κ3) is 5.03. The molecular formula is C14H17F3N2O3. The number of carbonyl (C=O) groups excluding carboxylic acids is 2. The summed E-state index contributed by atoms with van der Waals surface area (Å²) in [5.74, 6) is -1.34. The molecule has 5 nitrogen and oxygen atoms in total. The van der Waals surface area contributed by atoms with Gasteiger partial charge in [0.1, 0.15) is 0 Å². The van der Waals surface area contributed by atoms with Gasteiger partial charge in [0.15, 0.2) is 0 Å². The van der Waals surface area contributed by atoms with Gasteiger partial charge >= 0.3 is 6.18 Å². The van der Waals surface area contributed by atoms with Crippen molar-refractivity contribution in [2.45, 2.75) is 32.5 Å². The highest BCUT2D eigenvalue weighted by molar-refractivity contribution is 5.97. The molecule has 0 aromatic heterocycles. The fourth-order valence-electron chi connectivity index (χ4n) is 1.62. The fourth-order valence-corrected chi connectivity index (χ4v) is 1.62. The molecule has 2 amide bonds. The summed E-state index contributed by atoms with van der Waals surface area (Å²) in [5.41, 5.74) is -2.43. The minimum Gasteiger partial charge on any atom is -0.394 e. The molecule has 0 bridgehead atoms. The molecule has 0 spiro atoms. The SMILES string of the molecule is CC(=O)Nc1cc(C(=O)NC(C)(C)CO)cc(C(F)(F)F)c1. The Morgan fingerprint density at radius 2 is 1.77 bits per heavy atom. The highest BCUT2D eigenvalue weighted by Gasteiger charge is 2.32. The van der Waals surface area contributed by atoms with Crippen molar-refractivity contribution in [3.05, 3.63) is 29.3 Å². The second-order valence-electron chi connectivity index (χ2n) is 5.47. The molecule has 0 fully saturated rings. The lowest BCUT2D eigenvalue weighted by atomic mass is 10.0. The van der Waals surface area contributed by atoms with Crippen LogP contribution in [0.3, 0.4) is 0 Å². The van der Waals surface area contributed by atoms with E-state index < -0.39 is 29.1 Å². The molecule has 0 saturated carbocycles. The van der Waals surface area contributed by atoms with Crippen LogP contribution in [0, 0.1) is 0 Å². The number of nitrogens with one attached hydrogen (secondary N) is 2. The van der Waals surface area contributed by atoms with Crippen molar-refractivity contribution in [3.63, 3.8) is 0 Å². The second-order valence-corrected chi connectivity index (χ2v) is 5.47. The number of hydrogen-bond acceptors (Lipinski definition) is 3. The van der Waals surface area contributed by atoms with Crippen molar-refractivity contribution in [2.75, 3.05) is 11.9 Å². The summed E-state index contributed by atoms with van der Waals surface area (Å²) in [5, 5.41) is 13.7. The molecule has 0 radical (unpaired) electrons. The van der Waals surface area contributed by atoms with E-state index in [0.717, 1.165) is 19.1 Å². The zero-order valence-electron chi connectivity index (χ0n) is 12.3. The van der Waals surface area contributed by atoms with E-state index in [-0.39, 0.29) is 17.9 Å². The first-order chi connectivity index (χ1) is 9.94. The van der Waals surface area contributed by atoms with Gasteiger partial charge in [-0.2, -0.15) is 13.2 Å². The number of halogens is 3. The van der Waals surface area contributed by atoms with Crippen LogP contribution in [0.5, 0.6) is 0 Å². The predicted octanol–water partition coefficient (Wildman–Crippen LogP) is 2.16. The summed E-state index contributed by atoms with van der Waals surface area (Å²) in [7, 11) is 0. The Morgan fingerprint density at radius 3 is 2.23 bits per heavy atom. The molecular weight excluding hydrogens is 301 g/mol. The minimum atomic E-state index is -4.66. The number of benzene rings is 1. The zero-order valence-corrected chi connectivity index (χ0v) is 12.3. The Hall–Kier alpha value is -2.09. The third-order valence-corrected chi connectivity index (χ3v) is 2.69. The molecule has 8 heteroatoms. The van der Waals surface area contributed by atoms with Gasteiger partial charge in [0, 0.05) is 18.2 Å². The van der Waals surface area contributed by atoms with Gasteiger partial charge in [-0.15, -0.1) is 0 Å². The van der Waals surface area contributed by atoms with Crippen LogP contribution in [0.1, 0.15) is 36.7 Å². The summed E-state index contributed by atoms with van der Waals surface area (Å²) in [6, 6.07) is 2.57. The second kappa shape index (κ2) is 6.35. The Kier molecular flexibility index (Phi) is 5.18. The summed E-state index contributed by atoms with van der Waals surface area (Å²) in [6.07, 6.45) is -4.66. The maximum atomic E-state index is 12.9. The Bertz CT molecular complexity index is 583. The number of aliphatic hydroxyl groups excluding tert-OH is 1. The van der Waals surface area contributed by atoms with Gasteiger partial charge in [-0.1, -0.05) is 0 Å². The van der Waals surface area contributed by atoms with Crippen LogP contribution in [0.15, 0.2) is 18.2 Å². The summed E-state index contributed by atoms with van der Waals surface area (Å²) < 4.78 is 38.6. The smallest absolute Gasteiger partial charge is 0.394 e. The number of aliphatic hydroxyl groups is 1. The summed E-state index contributed by atoms with van der Waals surface area (Å²) in [4.78, 5) is 23.0. The van der Waals surface area contributed by atoms with Crippen LogP contribution in [-0.4, -0.2) is 29.1 Å². The van der Waals surface area contributed by atoms with Gasteiger partial charge < -0.3 is 15.7 Å². The van der Waals surface area contributed by atoms with Crippen molar-refractivity contribution < 1.29 is 27.9 Å². The standard InChI is InChI=1S/C14H17F3N2O3/c1-8(21)18-11-5-9(4-10(6-11)14(15,16)17)12(22)19-13(2,3)7-20/h4-6,20H,7H2,1-3H3,(H,18,21)(H,19,22). The van der Waals surface area contributed by atoms with Crippen molar-refractivity contribution in [2.24, 2.45) is 0 Å². The maximum absolute atomic E-state index is 12.9. The van der Waals surface area contributed by atoms with E-state index in [0.29, 0.717) is 6.07 Å². The first kappa shape index (κ1) is 18.0. The van der Waals surface area contributed by atoms with E-state index in [4.69, 9.17) is 5.11 Å². The minimum absolute atomic E-state index is 0.130. The van der Waals surface area contributed by atoms with Crippen LogP contribution in [0.25, 0.3) is 0 Å². The molecule has 22 heavy (non-hydrogen) atoms. The lowest BCUT2D eigenvalue weighted by Gasteiger charge is -2.24. The molecule has 1 rings (SSSR count). The molecule has 0 unspecified atom stereocenters. The van der Waals surface area contributed by atoms with E-state index >= 15 is 0 Å². The predicted molar refractivity (Wildman–Crippen MR) is 74.4 cm³/mol. The number of rotatable bonds is 4. The largest absolute Gasteiger partial charge is 0.416 e. The van der Waals surface area contributed by atoms with Gasteiger partial charge in [-0.05, 0) is 32.0 Å². The average Bonchev–Trinajstić information content (AvgIpc) is 2.36. The first-order valence-electron chi connectivity index (χ1n) is 6.38. The molecule has 0 heterocycles. The van der Waals surface area contributed by atoms with Gasteiger partial charge in [0.05, 0.1) is 17.7 Å². The molecule has 0 saturated heterocycles. The van der Waals surface area contributed by atoms with Gasteiger partial charge in [0.2, 0.25) is 5.91 Å². The molecule has 1 aromatic rings. The summed E-state index contributed by atoms with van der Waals surface area (Å²) >= 11 is 0. The van der Waals surface area contributed by atoms with Crippen LogP contribution in [-0.2, 0) is 11.0 Å². The van der Waals surface area contributed by atoms with Gasteiger partial charge in [0.25, 0.3) is 5.91 Å². The Labute approximate surface area is 125 Å². The fraction of sp³-hybridized carbons (Fsp3) is 0.429. The van der Waals surface area contributed by atoms with Crippen LogP contribution < -0.4 is 10.6 Å². The van der Waals surface area contributed by atoms with E-state index in [1.807, 2.05) is 0 Å². The molecule has 0 atom stereocenters. The quantitative estimate of drug-likeness (QED) is 0.796. The monoisotopic (exact) mass is 318 g/mol. The highest BCUT2D eigenvalue weighted by Crippen LogP contribution is 2.32. The number of carbonyl (C=O) groups is 2. The number of alkyl halides is 3. The lowest BCUT2D eigenvalue weighted by Crippen LogP contribution is -2.46. The molecule has 0 aliphatic carbocycles. The van der Waals surface area contributed by atoms with Crippen molar-refractivity contribution in [1.82, 2.24) is 5.32 Å². The van der Waals surface area contributed by atoms with Gasteiger partial charge in [-0.25, -0.2) is 0 Å². The Balaban J connectivity index is 3.23. The van der Waals surface area contributed by atoms with Crippen molar-refractivity contribution >= 4 is 17.5 Å². The Morgan fingerprint density at radius 1 is 1.18 bits per heavy atom. The molecule has 0 aliphatic heterocycles. The first-order valence-corrected chi connectivity index (χ1v) is 6.38. The van der Waals surface area contributed by atoms with E-state index in [1.54, 1.807) is 0 Å². The zero-order chi connectivity index (χ0) is 17.1. The average molecular weight is 318 g/mol. The maximum Gasteiger partial charge on any atom is 0.416 e.